The molecule has 1 aromatic heterocycles. The summed E-state index contributed by atoms with van der Waals surface area (Å²) in [6.07, 6.45) is 3.55. The Balaban J connectivity index is 1.79. The van der Waals surface area contributed by atoms with Crippen LogP contribution in [-0.2, 0) is 19.4 Å². The van der Waals surface area contributed by atoms with Gasteiger partial charge < -0.3 is 5.32 Å². The van der Waals surface area contributed by atoms with Gasteiger partial charge in [-0.25, -0.2) is 0 Å². The van der Waals surface area contributed by atoms with E-state index in [1.54, 1.807) is 23.5 Å². The molecule has 1 N–H and O–H groups in total. The molecule has 0 atom stereocenters. The summed E-state index contributed by atoms with van der Waals surface area (Å²) in [6, 6.07) is 6.90. The highest BCUT2D eigenvalue weighted by molar-refractivity contribution is 7.12. The second-order valence-electron chi connectivity index (χ2n) is 4.76. The molecule has 0 amide bonds. The van der Waals surface area contributed by atoms with E-state index in [1.165, 1.54) is 27.8 Å². The lowest BCUT2D eigenvalue weighted by molar-refractivity contribution is -0.383. The summed E-state index contributed by atoms with van der Waals surface area (Å²) < 4.78 is 0. The molecule has 1 aliphatic carbocycles. The average Bonchev–Trinajstić information content (AvgIpc) is 2.97. The summed E-state index contributed by atoms with van der Waals surface area (Å²) in [5.41, 5.74) is 1.84. The van der Waals surface area contributed by atoms with Gasteiger partial charge in [-0.15, -0.1) is 11.3 Å². The van der Waals surface area contributed by atoms with Gasteiger partial charge in [-0.05, 0) is 37.0 Å². The summed E-state index contributed by atoms with van der Waals surface area (Å²) in [4.78, 5) is 13.2. The number of aryl methyl sites for hydroxylation is 2. The molecule has 6 heteroatoms. The first-order valence-corrected chi connectivity index (χ1v) is 7.62. The predicted molar refractivity (Wildman–Crippen MR) is 81.8 cm³/mol. The number of thiophene rings is 1. The van der Waals surface area contributed by atoms with Crippen LogP contribution in [0, 0.1) is 10.1 Å². The number of nitrogens with one attached hydrogen (secondary N) is 1. The van der Waals surface area contributed by atoms with Crippen molar-refractivity contribution in [2.75, 3.05) is 5.32 Å². The molecule has 2 aromatic rings. The van der Waals surface area contributed by atoms with Crippen LogP contribution in [0.2, 0.25) is 5.02 Å². The number of anilines is 1. The van der Waals surface area contributed by atoms with Crippen molar-refractivity contribution in [2.45, 2.75) is 25.8 Å². The summed E-state index contributed by atoms with van der Waals surface area (Å²) in [6.45, 7) is 0.572. The second-order valence-corrected chi connectivity index (χ2v) is 6.39. The molecule has 0 bridgehead atoms. The number of benzene rings is 1. The zero-order chi connectivity index (χ0) is 14.1. The summed E-state index contributed by atoms with van der Waals surface area (Å²) in [5, 5.41) is 14.5. The van der Waals surface area contributed by atoms with Crippen molar-refractivity contribution in [2.24, 2.45) is 0 Å². The predicted octanol–water partition coefficient (Wildman–Crippen LogP) is 4.41. The molecular weight excluding hydrogens is 296 g/mol. The lowest BCUT2D eigenvalue weighted by Gasteiger charge is -2.07. The maximum atomic E-state index is 11.0. The Labute approximate surface area is 125 Å². The molecule has 0 fully saturated rings. The number of halogens is 1. The molecule has 0 unspecified atom stereocenters. The Kier molecular flexibility index (Phi) is 3.63. The highest BCUT2D eigenvalue weighted by Crippen LogP contribution is 2.34. The number of nitro benzene ring substituents is 1. The average molecular weight is 309 g/mol. The minimum absolute atomic E-state index is 0.0154. The van der Waals surface area contributed by atoms with Gasteiger partial charge in [0.15, 0.2) is 0 Å². The third kappa shape index (κ3) is 2.51. The zero-order valence-electron chi connectivity index (χ0n) is 10.7. The van der Waals surface area contributed by atoms with Crippen LogP contribution in [0.5, 0.6) is 0 Å². The lowest BCUT2D eigenvalue weighted by atomic mass is 10.2. The molecule has 1 aromatic carbocycles. The zero-order valence-corrected chi connectivity index (χ0v) is 12.3. The van der Waals surface area contributed by atoms with Gasteiger partial charge in [-0.1, -0.05) is 17.7 Å². The van der Waals surface area contributed by atoms with E-state index >= 15 is 0 Å². The van der Waals surface area contributed by atoms with Crippen LogP contribution in [0.25, 0.3) is 0 Å². The van der Waals surface area contributed by atoms with Crippen molar-refractivity contribution >= 4 is 34.3 Å². The molecule has 104 valence electrons. The number of hydrogen-bond acceptors (Lipinski definition) is 4. The molecule has 1 heterocycles. The van der Waals surface area contributed by atoms with Gasteiger partial charge >= 0.3 is 0 Å². The first-order valence-electron chi connectivity index (χ1n) is 6.42. The topological polar surface area (TPSA) is 55.2 Å². The van der Waals surface area contributed by atoms with Crippen LogP contribution in [-0.4, -0.2) is 4.92 Å². The van der Waals surface area contributed by atoms with Gasteiger partial charge in [-0.3, -0.25) is 10.1 Å². The van der Waals surface area contributed by atoms with Crippen molar-refractivity contribution in [1.29, 1.82) is 0 Å². The normalized spacial score (nSPS) is 13.2. The van der Waals surface area contributed by atoms with Crippen molar-refractivity contribution in [1.82, 2.24) is 0 Å². The van der Waals surface area contributed by atoms with E-state index < -0.39 is 4.92 Å². The lowest BCUT2D eigenvalue weighted by Crippen LogP contribution is -2.02. The fourth-order valence-electron chi connectivity index (χ4n) is 2.49. The molecule has 4 nitrogen and oxygen atoms in total. The first-order chi connectivity index (χ1) is 9.65. The minimum Gasteiger partial charge on any atom is -0.373 e. The fourth-order valence-corrected chi connectivity index (χ4v) is 3.93. The monoisotopic (exact) mass is 308 g/mol. The maximum Gasteiger partial charge on any atom is 0.293 e. The van der Waals surface area contributed by atoms with Crippen molar-refractivity contribution in [3.63, 3.8) is 0 Å². The second kappa shape index (κ2) is 5.42. The third-order valence-electron chi connectivity index (χ3n) is 3.43. The van der Waals surface area contributed by atoms with E-state index in [0.717, 1.165) is 12.8 Å². The van der Waals surface area contributed by atoms with Crippen LogP contribution in [0.3, 0.4) is 0 Å². The standard InChI is InChI=1S/C14H13ClN2O2S/c15-11-4-2-5-12(17(18)19)14(11)16-8-10-7-9-3-1-6-13(9)20-10/h2,4-5,7,16H,1,3,6,8H2. The molecule has 1 aliphatic rings. The maximum absolute atomic E-state index is 11.0. The van der Waals surface area contributed by atoms with Crippen LogP contribution >= 0.6 is 22.9 Å². The van der Waals surface area contributed by atoms with E-state index in [1.807, 2.05) is 0 Å². The van der Waals surface area contributed by atoms with Gasteiger partial charge in [0.25, 0.3) is 5.69 Å². The Morgan fingerprint density at radius 2 is 2.25 bits per heavy atom. The molecule has 0 aliphatic heterocycles. The molecule has 20 heavy (non-hydrogen) atoms. The number of nitrogens with zero attached hydrogens (tertiary/aromatic N) is 1. The van der Waals surface area contributed by atoms with Crippen molar-refractivity contribution < 1.29 is 4.92 Å². The molecular formula is C14H13ClN2O2S. The number of fused-ring (bicyclic) bond motifs is 1. The van der Waals surface area contributed by atoms with E-state index in [-0.39, 0.29) is 5.69 Å². The number of rotatable bonds is 4. The Morgan fingerprint density at radius 1 is 1.40 bits per heavy atom. The summed E-state index contributed by atoms with van der Waals surface area (Å²) >= 11 is 7.84. The summed E-state index contributed by atoms with van der Waals surface area (Å²) in [7, 11) is 0. The minimum atomic E-state index is -0.414. The smallest absolute Gasteiger partial charge is 0.293 e. The highest BCUT2D eigenvalue weighted by atomic mass is 35.5. The molecule has 0 radical (unpaired) electrons. The Hall–Kier alpha value is -1.59. The van der Waals surface area contributed by atoms with Crippen LogP contribution in [0.1, 0.15) is 21.7 Å². The Morgan fingerprint density at radius 3 is 3.00 bits per heavy atom. The quantitative estimate of drug-likeness (QED) is 0.672. The van der Waals surface area contributed by atoms with Gasteiger partial charge in [0.05, 0.1) is 9.95 Å². The van der Waals surface area contributed by atoms with Gasteiger partial charge in [-0.2, -0.15) is 0 Å². The third-order valence-corrected chi connectivity index (χ3v) is 4.98. The number of para-hydroxylation sites is 1. The van der Waals surface area contributed by atoms with E-state index in [0.29, 0.717) is 17.3 Å². The molecule has 0 spiro atoms. The van der Waals surface area contributed by atoms with Crippen molar-refractivity contribution in [3.05, 3.63) is 54.7 Å². The molecule has 0 saturated heterocycles. The fraction of sp³-hybridized carbons (Fsp3) is 0.286. The first kappa shape index (κ1) is 13.4. The number of hydrogen-bond donors (Lipinski definition) is 1. The largest absolute Gasteiger partial charge is 0.373 e. The van der Waals surface area contributed by atoms with E-state index in [4.69, 9.17) is 11.6 Å². The number of nitro groups is 1. The van der Waals surface area contributed by atoms with Gasteiger partial charge in [0.2, 0.25) is 0 Å². The van der Waals surface area contributed by atoms with Crippen molar-refractivity contribution in [3.8, 4) is 0 Å². The van der Waals surface area contributed by atoms with Gasteiger partial charge in [0, 0.05) is 22.4 Å². The van der Waals surface area contributed by atoms with Crippen LogP contribution in [0.4, 0.5) is 11.4 Å². The van der Waals surface area contributed by atoms with E-state index in [9.17, 15) is 10.1 Å². The van der Waals surface area contributed by atoms with E-state index in [2.05, 4.69) is 11.4 Å². The SMILES string of the molecule is O=[N+]([O-])c1cccc(Cl)c1NCc1cc2c(s1)CCC2. The Bertz CT molecular complexity index is 648. The van der Waals surface area contributed by atoms with Crippen LogP contribution in [0.15, 0.2) is 24.3 Å². The highest BCUT2D eigenvalue weighted by Gasteiger charge is 2.18. The molecule has 3 rings (SSSR count). The molecule has 0 saturated carbocycles. The van der Waals surface area contributed by atoms with Gasteiger partial charge in [0.1, 0.15) is 5.69 Å². The summed E-state index contributed by atoms with van der Waals surface area (Å²) in [5.74, 6) is 0. The van der Waals surface area contributed by atoms with Crippen LogP contribution < -0.4 is 5.32 Å².